The Morgan fingerprint density at radius 3 is 2.48 bits per heavy atom. The van der Waals surface area contributed by atoms with Crippen LogP contribution in [0.25, 0.3) is 0 Å². The van der Waals surface area contributed by atoms with Crippen molar-refractivity contribution in [1.82, 2.24) is 15.3 Å². The average molecular weight is 287 g/mol. The standard InChI is InChI=1S/C16H21N3O2/c1-16(2,3)18-10-12-9-17-11-15(19-12)21-14-8-6-5-7-13(14)20-4/h5-9,11,18H,10H2,1-4H3. The Kier molecular flexibility index (Phi) is 4.75. The Labute approximate surface area is 125 Å². The highest BCUT2D eigenvalue weighted by atomic mass is 16.5. The molecule has 0 unspecified atom stereocenters. The molecule has 0 amide bonds. The lowest BCUT2D eigenvalue weighted by atomic mass is 10.1. The highest BCUT2D eigenvalue weighted by molar-refractivity contribution is 5.41. The SMILES string of the molecule is COc1ccccc1Oc1cncc(CNC(C)(C)C)n1. The Bertz CT molecular complexity index is 594. The summed E-state index contributed by atoms with van der Waals surface area (Å²) in [7, 11) is 1.61. The number of para-hydroxylation sites is 2. The van der Waals surface area contributed by atoms with E-state index >= 15 is 0 Å². The van der Waals surface area contributed by atoms with Crippen LogP contribution in [0.2, 0.25) is 0 Å². The van der Waals surface area contributed by atoms with Gasteiger partial charge in [-0.1, -0.05) is 12.1 Å². The molecule has 1 aromatic carbocycles. The summed E-state index contributed by atoms with van der Waals surface area (Å²) < 4.78 is 11.0. The van der Waals surface area contributed by atoms with Crippen LogP contribution in [0.1, 0.15) is 26.5 Å². The first-order valence-corrected chi connectivity index (χ1v) is 6.85. The second-order valence-electron chi connectivity index (χ2n) is 5.71. The van der Waals surface area contributed by atoms with Crippen molar-refractivity contribution in [2.24, 2.45) is 0 Å². The van der Waals surface area contributed by atoms with E-state index in [0.29, 0.717) is 23.9 Å². The second kappa shape index (κ2) is 6.54. The maximum absolute atomic E-state index is 5.75. The predicted molar refractivity (Wildman–Crippen MR) is 81.7 cm³/mol. The highest BCUT2D eigenvalue weighted by Crippen LogP contribution is 2.29. The molecule has 21 heavy (non-hydrogen) atoms. The molecule has 0 saturated carbocycles. The molecule has 112 valence electrons. The topological polar surface area (TPSA) is 56.3 Å². The van der Waals surface area contributed by atoms with Crippen molar-refractivity contribution in [3.8, 4) is 17.4 Å². The van der Waals surface area contributed by atoms with E-state index in [-0.39, 0.29) is 5.54 Å². The number of methoxy groups -OCH3 is 1. The van der Waals surface area contributed by atoms with E-state index in [9.17, 15) is 0 Å². The average Bonchev–Trinajstić information content (AvgIpc) is 2.45. The number of aromatic nitrogens is 2. The molecule has 0 fully saturated rings. The molecule has 0 bridgehead atoms. The first-order valence-electron chi connectivity index (χ1n) is 6.85. The summed E-state index contributed by atoms with van der Waals surface area (Å²) in [5, 5.41) is 3.37. The molecule has 0 atom stereocenters. The summed E-state index contributed by atoms with van der Waals surface area (Å²) in [4.78, 5) is 8.61. The summed E-state index contributed by atoms with van der Waals surface area (Å²) in [6.07, 6.45) is 3.32. The van der Waals surface area contributed by atoms with E-state index in [2.05, 4.69) is 36.1 Å². The molecule has 0 aliphatic carbocycles. The minimum absolute atomic E-state index is 0.0290. The number of hydrogen-bond donors (Lipinski definition) is 1. The fourth-order valence-electron chi connectivity index (χ4n) is 1.69. The molecule has 0 saturated heterocycles. The quantitative estimate of drug-likeness (QED) is 0.915. The van der Waals surface area contributed by atoms with Crippen molar-refractivity contribution in [2.45, 2.75) is 32.9 Å². The van der Waals surface area contributed by atoms with Crippen LogP contribution in [0.4, 0.5) is 0 Å². The van der Waals surface area contributed by atoms with E-state index in [1.54, 1.807) is 19.5 Å². The first-order chi connectivity index (χ1) is 9.98. The van der Waals surface area contributed by atoms with Gasteiger partial charge in [0.1, 0.15) is 0 Å². The zero-order chi connectivity index (χ0) is 15.3. The molecule has 1 heterocycles. The lowest BCUT2D eigenvalue weighted by Crippen LogP contribution is -2.35. The van der Waals surface area contributed by atoms with Crippen LogP contribution in [0.5, 0.6) is 17.4 Å². The van der Waals surface area contributed by atoms with E-state index < -0.39 is 0 Å². The molecule has 5 nitrogen and oxygen atoms in total. The van der Waals surface area contributed by atoms with E-state index in [1.807, 2.05) is 24.3 Å². The number of nitrogens with zero attached hydrogens (tertiary/aromatic N) is 2. The number of ether oxygens (including phenoxy) is 2. The smallest absolute Gasteiger partial charge is 0.238 e. The minimum atomic E-state index is 0.0290. The van der Waals surface area contributed by atoms with Gasteiger partial charge in [0.2, 0.25) is 5.88 Å². The Morgan fingerprint density at radius 2 is 1.81 bits per heavy atom. The number of nitrogens with one attached hydrogen (secondary N) is 1. The predicted octanol–water partition coefficient (Wildman–Crippen LogP) is 3.17. The van der Waals surface area contributed by atoms with Crippen LogP contribution in [0, 0.1) is 0 Å². The van der Waals surface area contributed by atoms with E-state index in [4.69, 9.17) is 9.47 Å². The Balaban J connectivity index is 2.10. The van der Waals surface area contributed by atoms with Crippen LogP contribution in [0.3, 0.4) is 0 Å². The van der Waals surface area contributed by atoms with Crippen molar-refractivity contribution < 1.29 is 9.47 Å². The molecular formula is C16H21N3O2. The second-order valence-corrected chi connectivity index (χ2v) is 5.71. The third kappa shape index (κ3) is 4.72. The van der Waals surface area contributed by atoms with Crippen LogP contribution in [-0.2, 0) is 6.54 Å². The van der Waals surface area contributed by atoms with Crippen molar-refractivity contribution in [3.63, 3.8) is 0 Å². The van der Waals surface area contributed by atoms with Crippen LogP contribution in [0.15, 0.2) is 36.7 Å². The van der Waals surface area contributed by atoms with Crippen LogP contribution in [-0.4, -0.2) is 22.6 Å². The van der Waals surface area contributed by atoms with Crippen LogP contribution >= 0.6 is 0 Å². The molecule has 0 aliphatic rings. The first kappa shape index (κ1) is 15.3. The monoisotopic (exact) mass is 287 g/mol. The van der Waals surface area contributed by atoms with Crippen molar-refractivity contribution in [2.75, 3.05) is 7.11 Å². The Morgan fingerprint density at radius 1 is 1.10 bits per heavy atom. The van der Waals surface area contributed by atoms with Gasteiger partial charge in [-0.25, -0.2) is 4.98 Å². The van der Waals surface area contributed by atoms with Crippen LogP contribution < -0.4 is 14.8 Å². The molecule has 2 rings (SSSR count). The van der Waals surface area contributed by atoms with Gasteiger partial charge in [-0.3, -0.25) is 4.98 Å². The fourth-order valence-corrected chi connectivity index (χ4v) is 1.69. The summed E-state index contributed by atoms with van der Waals surface area (Å²) in [6.45, 7) is 6.96. The molecule has 0 radical (unpaired) electrons. The van der Waals surface area contributed by atoms with Gasteiger partial charge in [-0.2, -0.15) is 0 Å². The van der Waals surface area contributed by atoms with Gasteiger partial charge in [0.05, 0.1) is 19.0 Å². The maximum Gasteiger partial charge on any atom is 0.238 e. The largest absolute Gasteiger partial charge is 0.493 e. The van der Waals surface area contributed by atoms with E-state index in [0.717, 1.165) is 5.69 Å². The zero-order valence-corrected chi connectivity index (χ0v) is 12.9. The van der Waals surface area contributed by atoms with Crippen molar-refractivity contribution in [1.29, 1.82) is 0 Å². The third-order valence-corrected chi connectivity index (χ3v) is 2.75. The molecule has 0 aliphatic heterocycles. The molecular weight excluding hydrogens is 266 g/mol. The highest BCUT2D eigenvalue weighted by Gasteiger charge is 2.10. The van der Waals surface area contributed by atoms with Gasteiger partial charge < -0.3 is 14.8 Å². The minimum Gasteiger partial charge on any atom is -0.493 e. The normalized spacial score (nSPS) is 11.2. The lowest BCUT2D eigenvalue weighted by Gasteiger charge is -2.20. The van der Waals surface area contributed by atoms with Gasteiger partial charge in [-0.05, 0) is 32.9 Å². The fraction of sp³-hybridized carbons (Fsp3) is 0.375. The van der Waals surface area contributed by atoms with Gasteiger partial charge in [0.15, 0.2) is 11.5 Å². The van der Waals surface area contributed by atoms with Gasteiger partial charge in [-0.15, -0.1) is 0 Å². The number of benzene rings is 1. The zero-order valence-electron chi connectivity index (χ0n) is 12.9. The van der Waals surface area contributed by atoms with Crippen molar-refractivity contribution in [3.05, 3.63) is 42.4 Å². The summed E-state index contributed by atoms with van der Waals surface area (Å²) in [5.41, 5.74) is 0.860. The molecule has 1 aromatic heterocycles. The lowest BCUT2D eigenvalue weighted by molar-refractivity contribution is 0.371. The Hall–Kier alpha value is -2.14. The molecule has 2 aromatic rings. The van der Waals surface area contributed by atoms with Gasteiger partial charge >= 0.3 is 0 Å². The summed E-state index contributed by atoms with van der Waals surface area (Å²) >= 11 is 0. The maximum atomic E-state index is 5.75. The van der Waals surface area contributed by atoms with Gasteiger partial charge in [0.25, 0.3) is 0 Å². The summed E-state index contributed by atoms with van der Waals surface area (Å²) in [6, 6.07) is 7.45. The van der Waals surface area contributed by atoms with E-state index in [1.165, 1.54) is 0 Å². The van der Waals surface area contributed by atoms with Gasteiger partial charge in [0, 0.05) is 18.3 Å². The molecule has 1 N–H and O–H groups in total. The third-order valence-electron chi connectivity index (χ3n) is 2.75. The molecule has 5 heteroatoms. The summed E-state index contributed by atoms with van der Waals surface area (Å²) in [5.74, 6) is 1.74. The van der Waals surface area contributed by atoms with Crippen molar-refractivity contribution >= 4 is 0 Å². The number of hydrogen-bond acceptors (Lipinski definition) is 5. The number of rotatable bonds is 5. The molecule has 0 spiro atoms.